The van der Waals surface area contributed by atoms with E-state index in [0.29, 0.717) is 22.1 Å². The highest BCUT2D eigenvalue weighted by atomic mass is 35.5. The fourth-order valence-corrected chi connectivity index (χ4v) is 3.29. The van der Waals surface area contributed by atoms with E-state index in [0.717, 1.165) is 31.8 Å². The summed E-state index contributed by atoms with van der Waals surface area (Å²) < 4.78 is 15.5. The second-order valence-electron chi connectivity index (χ2n) is 6.59. The summed E-state index contributed by atoms with van der Waals surface area (Å²) in [5.41, 5.74) is 0.610. The first-order chi connectivity index (χ1) is 13.4. The maximum atomic E-state index is 12.0. The van der Waals surface area contributed by atoms with Crippen molar-refractivity contribution in [3.8, 4) is 11.5 Å². The molecule has 28 heavy (non-hydrogen) atoms. The first-order valence-electron chi connectivity index (χ1n) is 9.01. The van der Waals surface area contributed by atoms with E-state index in [4.69, 9.17) is 25.8 Å². The van der Waals surface area contributed by atoms with Crippen LogP contribution in [0.2, 0.25) is 5.02 Å². The number of ether oxygens (including phenoxy) is 3. The van der Waals surface area contributed by atoms with Gasteiger partial charge in [-0.2, -0.15) is 0 Å². The minimum atomic E-state index is -1.12. The van der Waals surface area contributed by atoms with Crippen molar-refractivity contribution >= 4 is 35.6 Å². The predicted octanol–water partition coefficient (Wildman–Crippen LogP) is 2.78. The van der Waals surface area contributed by atoms with E-state index in [1.54, 1.807) is 12.1 Å². The highest BCUT2D eigenvalue weighted by molar-refractivity contribution is 6.32. The van der Waals surface area contributed by atoms with Crippen LogP contribution in [0, 0.1) is 0 Å². The third-order valence-electron chi connectivity index (χ3n) is 4.45. The van der Waals surface area contributed by atoms with Gasteiger partial charge in [-0.3, -0.25) is 10.1 Å². The van der Waals surface area contributed by atoms with Crippen molar-refractivity contribution in [2.75, 3.05) is 6.79 Å². The Labute approximate surface area is 167 Å². The van der Waals surface area contributed by atoms with Crippen molar-refractivity contribution < 1.29 is 28.6 Å². The van der Waals surface area contributed by atoms with E-state index in [1.807, 2.05) is 0 Å². The third-order valence-corrected chi connectivity index (χ3v) is 4.73. The van der Waals surface area contributed by atoms with E-state index >= 15 is 0 Å². The fraction of sp³-hybridized carbons (Fsp3) is 0.421. The van der Waals surface area contributed by atoms with Crippen LogP contribution in [0.25, 0.3) is 6.08 Å². The van der Waals surface area contributed by atoms with Crippen LogP contribution in [0.3, 0.4) is 0 Å². The molecule has 150 valence electrons. The van der Waals surface area contributed by atoms with Crippen LogP contribution in [0.1, 0.15) is 38.2 Å². The molecule has 8 nitrogen and oxygen atoms in total. The Morgan fingerprint density at radius 2 is 2.00 bits per heavy atom. The van der Waals surface area contributed by atoms with Crippen LogP contribution in [0.15, 0.2) is 18.2 Å². The van der Waals surface area contributed by atoms with Gasteiger partial charge in [0, 0.05) is 12.1 Å². The van der Waals surface area contributed by atoms with Crippen LogP contribution in [0.4, 0.5) is 4.79 Å². The van der Waals surface area contributed by atoms with Crippen molar-refractivity contribution in [1.82, 2.24) is 10.6 Å². The molecule has 0 spiro atoms. The van der Waals surface area contributed by atoms with Crippen molar-refractivity contribution in [2.45, 2.75) is 44.8 Å². The molecule has 1 aliphatic heterocycles. The minimum Gasteiger partial charge on any atom is -0.454 e. The molecule has 0 unspecified atom stereocenters. The minimum absolute atomic E-state index is 0.0853. The molecule has 1 aliphatic carbocycles. The number of amides is 3. The van der Waals surface area contributed by atoms with E-state index in [9.17, 15) is 14.4 Å². The summed E-state index contributed by atoms with van der Waals surface area (Å²) in [7, 11) is 0. The predicted molar refractivity (Wildman–Crippen MR) is 101 cm³/mol. The summed E-state index contributed by atoms with van der Waals surface area (Å²) in [6, 6.07) is 2.79. The molecule has 0 saturated heterocycles. The molecule has 2 aliphatic rings. The average molecular weight is 409 g/mol. The van der Waals surface area contributed by atoms with Gasteiger partial charge in [0.2, 0.25) is 6.79 Å². The smallest absolute Gasteiger partial charge is 0.331 e. The number of halogens is 1. The summed E-state index contributed by atoms with van der Waals surface area (Å²) in [6.07, 6.45) is 5.46. The number of fused-ring (bicyclic) bond motifs is 1. The number of esters is 1. The molecule has 1 atom stereocenters. The number of urea groups is 1. The number of rotatable bonds is 5. The van der Waals surface area contributed by atoms with Crippen LogP contribution in [0.5, 0.6) is 11.5 Å². The van der Waals surface area contributed by atoms with E-state index in [-0.39, 0.29) is 12.8 Å². The van der Waals surface area contributed by atoms with Crippen molar-refractivity contribution in [3.63, 3.8) is 0 Å². The number of carbonyl (C=O) groups excluding carboxylic acids is 3. The van der Waals surface area contributed by atoms with Crippen molar-refractivity contribution in [3.05, 3.63) is 28.8 Å². The summed E-state index contributed by atoms with van der Waals surface area (Å²) in [5, 5.41) is 5.28. The topological polar surface area (TPSA) is 103 Å². The SMILES string of the molecule is C[C@@H](OC(=O)/C=C/c1cc(Cl)c2c(c1)OCO2)C(=O)NC(=O)NC1CCCC1. The largest absolute Gasteiger partial charge is 0.454 e. The van der Waals surface area contributed by atoms with Crippen LogP contribution < -0.4 is 20.1 Å². The number of imide groups is 1. The molecule has 0 bridgehead atoms. The molecule has 1 saturated carbocycles. The molecule has 0 radical (unpaired) electrons. The number of benzene rings is 1. The summed E-state index contributed by atoms with van der Waals surface area (Å²) in [6.45, 7) is 1.48. The second kappa shape index (κ2) is 8.97. The van der Waals surface area contributed by atoms with E-state index in [2.05, 4.69) is 10.6 Å². The first-order valence-corrected chi connectivity index (χ1v) is 9.39. The lowest BCUT2D eigenvalue weighted by molar-refractivity contribution is -0.149. The van der Waals surface area contributed by atoms with Crippen LogP contribution >= 0.6 is 11.6 Å². The zero-order valence-corrected chi connectivity index (χ0v) is 16.1. The standard InChI is InChI=1S/C19H21ClN2O6/c1-11(18(24)22-19(25)21-13-4-2-3-5-13)28-16(23)7-6-12-8-14(20)17-15(9-12)26-10-27-17/h6-9,11,13H,2-5,10H2,1H3,(H2,21,22,24,25)/b7-6+/t11-/m1/s1. The zero-order chi connectivity index (χ0) is 20.1. The van der Waals surface area contributed by atoms with Gasteiger partial charge < -0.3 is 19.5 Å². The second-order valence-corrected chi connectivity index (χ2v) is 7.00. The Kier molecular flexibility index (Phi) is 6.41. The molecule has 1 heterocycles. The van der Waals surface area contributed by atoms with Gasteiger partial charge in [0.25, 0.3) is 5.91 Å². The number of nitrogens with one attached hydrogen (secondary N) is 2. The molecule has 2 N–H and O–H groups in total. The molecule has 3 amide bonds. The lowest BCUT2D eigenvalue weighted by Gasteiger charge is -2.15. The summed E-state index contributed by atoms with van der Waals surface area (Å²) in [5.74, 6) is -0.472. The highest BCUT2D eigenvalue weighted by Gasteiger charge is 2.22. The van der Waals surface area contributed by atoms with E-state index in [1.165, 1.54) is 13.0 Å². The Bertz CT molecular complexity index is 804. The highest BCUT2D eigenvalue weighted by Crippen LogP contribution is 2.40. The maximum Gasteiger partial charge on any atom is 0.331 e. The Morgan fingerprint density at radius 1 is 1.25 bits per heavy atom. The fourth-order valence-electron chi connectivity index (χ4n) is 3.02. The number of hydrogen-bond acceptors (Lipinski definition) is 6. The Morgan fingerprint density at radius 3 is 2.75 bits per heavy atom. The maximum absolute atomic E-state index is 12.0. The van der Waals surface area contributed by atoms with Gasteiger partial charge in [0.05, 0.1) is 5.02 Å². The van der Waals surface area contributed by atoms with Gasteiger partial charge in [-0.15, -0.1) is 0 Å². The molecule has 1 aromatic carbocycles. The van der Waals surface area contributed by atoms with Crippen LogP contribution in [-0.4, -0.2) is 36.8 Å². The number of carbonyl (C=O) groups is 3. The molecule has 1 aromatic rings. The first kappa shape index (κ1) is 20.0. The van der Waals surface area contributed by atoms with Gasteiger partial charge in [-0.25, -0.2) is 9.59 Å². The average Bonchev–Trinajstić information content (AvgIpc) is 3.31. The third kappa shape index (κ3) is 5.16. The Hall–Kier alpha value is -2.74. The summed E-state index contributed by atoms with van der Waals surface area (Å²) in [4.78, 5) is 35.7. The lowest BCUT2D eigenvalue weighted by atomic mass is 10.2. The molecular weight excluding hydrogens is 388 g/mol. The van der Waals surface area contributed by atoms with Crippen molar-refractivity contribution in [1.29, 1.82) is 0 Å². The van der Waals surface area contributed by atoms with Gasteiger partial charge >= 0.3 is 12.0 Å². The Balaban J connectivity index is 1.48. The van der Waals surface area contributed by atoms with Gasteiger partial charge in [-0.1, -0.05) is 24.4 Å². The number of hydrogen-bond donors (Lipinski definition) is 2. The van der Waals surface area contributed by atoms with Gasteiger partial charge in [-0.05, 0) is 43.5 Å². The van der Waals surface area contributed by atoms with Gasteiger partial charge in [0.15, 0.2) is 17.6 Å². The summed E-state index contributed by atoms with van der Waals surface area (Å²) >= 11 is 6.08. The zero-order valence-electron chi connectivity index (χ0n) is 15.3. The van der Waals surface area contributed by atoms with Gasteiger partial charge in [0.1, 0.15) is 0 Å². The molecule has 1 fully saturated rings. The lowest BCUT2D eigenvalue weighted by Crippen LogP contribution is -2.47. The monoisotopic (exact) mass is 408 g/mol. The molecule has 3 rings (SSSR count). The van der Waals surface area contributed by atoms with Crippen molar-refractivity contribution in [2.24, 2.45) is 0 Å². The van der Waals surface area contributed by atoms with E-state index < -0.39 is 24.0 Å². The quantitative estimate of drug-likeness (QED) is 0.573. The molecule has 9 heteroatoms. The molecule has 0 aromatic heterocycles. The molecular formula is C19H21ClN2O6. The van der Waals surface area contributed by atoms with Crippen LogP contribution in [-0.2, 0) is 14.3 Å². The normalized spacial score (nSPS) is 16.8.